The fourth-order valence-electron chi connectivity index (χ4n) is 3.11. The van der Waals surface area contributed by atoms with Gasteiger partial charge in [0.05, 0.1) is 23.1 Å². The quantitative estimate of drug-likeness (QED) is 0.544. The SMILES string of the molecule is Cc1c(C(=O)NCc2ccccc2-c2ccsc2)cnn1-c1ccccc1. The molecule has 4 aromatic rings. The van der Waals surface area contributed by atoms with Crippen LogP contribution in [0.2, 0.25) is 0 Å². The number of nitrogens with one attached hydrogen (secondary N) is 1. The van der Waals surface area contributed by atoms with E-state index in [9.17, 15) is 4.79 Å². The number of benzene rings is 2. The first-order chi connectivity index (χ1) is 13.2. The van der Waals surface area contributed by atoms with Crippen molar-refractivity contribution in [2.24, 2.45) is 0 Å². The van der Waals surface area contributed by atoms with Crippen LogP contribution in [-0.4, -0.2) is 15.7 Å². The number of carbonyl (C=O) groups excluding carboxylic acids is 1. The van der Waals surface area contributed by atoms with Gasteiger partial charge in [0.1, 0.15) is 0 Å². The summed E-state index contributed by atoms with van der Waals surface area (Å²) in [4.78, 5) is 12.7. The molecule has 4 rings (SSSR count). The predicted octanol–water partition coefficient (Wildman–Crippen LogP) is 4.84. The van der Waals surface area contributed by atoms with Crippen LogP contribution in [0.25, 0.3) is 16.8 Å². The number of para-hydroxylation sites is 1. The molecule has 0 aliphatic carbocycles. The minimum atomic E-state index is -0.116. The molecule has 1 amide bonds. The highest BCUT2D eigenvalue weighted by Gasteiger charge is 2.15. The first-order valence-corrected chi connectivity index (χ1v) is 9.67. The summed E-state index contributed by atoms with van der Waals surface area (Å²) in [6, 6.07) is 20.1. The van der Waals surface area contributed by atoms with Gasteiger partial charge in [0, 0.05) is 6.54 Å². The van der Waals surface area contributed by atoms with Crippen LogP contribution in [0.15, 0.2) is 77.6 Å². The summed E-state index contributed by atoms with van der Waals surface area (Å²) in [7, 11) is 0. The molecule has 5 heteroatoms. The summed E-state index contributed by atoms with van der Waals surface area (Å²) in [5, 5.41) is 11.6. The lowest BCUT2D eigenvalue weighted by Crippen LogP contribution is -2.23. The molecule has 2 aromatic heterocycles. The highest BCUT2D eigenvalue weighted by molar-refractivity contribution is 7.08. The molecule has 0 aliphatic rings. The van der Waals surface area contributed by atoms with Gasteiger partial charge in [-0.2, -0.15) is 16.4 Å². The zero-order valence-electron chi connectivity index (χ0n) is 14.9. The van der Waals surface area contributed by atoms with Gasteiger partial charge >= 0.3 is 0 Å². The van der Waals surface area contributed by atoms with E-state index in [4.69, 9.17) is 0 Å². The van der Waals surface area contributed by atoms with Gasteiger partial charge in [-0.15, -0.1) is 0 Å². The van der Waals surface area contributed by atoms with E-state index in [1.54, 1.807) is 22.2 Å². The Morgan fingerprint density at radius 2 is 1.85 bits per heavy atom. The lowest BCUT2D eigenvalue weighted by Gasteiger charge is -2.10. The van der Waals surface area contributed by atoms with E-state index in [0.29, 0.717) is 12.1 Å². The van der Waals surface area contributed by atoms with Crippen molar-refractivity contribution in [2.45, 2.75) is 13.5 Å². The zero-order valence-corrected chi connectivity index (χ0v) is 15.7. The summed E-state index contributed by atoms with van der Waals surface area (Å²) in [6.45, 7) is 2.38. The van der Waals surface area contributed by atoms with E-state index < -0.39 is 0 Å². The molecule has 0 unspecified atom stereocenters. The Labute approximate surface area is 162 Å². The van der Waals surface area contributed by atoms with Crippen molar-refractivity contribution in [2.75, 3.05) is 0 Å². The molecule has 4 nitrogen and oxygen atoms in total. The molecule has 134 valence electrons. The van der Waals surface area contributed by atoms with Gasteiger partial charge in [-0.3, -0.25) is 4.79 Å². The molecule has 0 bridgehead atoms. The van der Waals surface area contributed by atoms with Crippen LogP contribution < -0.4 is 5.32 Å². The van der Waals surface area contributed by atoms with E-state index in [1.807, 2.05) is 55.5 Å². The molecule has 1 N–H and O–H groups in total. The Balaban J connectivity index is 1.53. The maximum absolute atomic E-state index is 12.7. The average Bonchev–Trinajstić information content (AvgIpc) is 3.37. The van der Waals surface area contributed by atoms with Crippen LogP contribution in [0.5, 0.6) is 0 Å². The largest absolute Gasteiger partial charge is 0.348 e. The molecule has 2 aromatic carbocycles. The first-order valence-electron chi connectivity index (χ1n) is 8.73. The molecular weight excluding hydrogens is 354 g/mol. The Morgan fingerprint density at radius 1 is 1.07 bits per heavy atom. The molecule has 2 heterocycles. The van der Waals surface area contributed by atoms with Gasteiger partial charge in [0.15, 0.2) is 0 Å². The summed E-state index contributed by atoms with van der Waals surface area (Å²) < 4.78 is 1.79. The molecule has 0 fully saturated rings. The summed E-state index contributed by atoms with van der Waals surface area (Å²) in [5.41, 5.74) is 5.78. The van der Waals surface area contributed by atoms with E-state index in [1.165, 1.54) is 5.56 Å². The summed E-state index contributed by atoms with van der Waals surface area (Å²) in [5.74, 6) is -0.116. The van der Waals surface area contributed by atoms with Gasteiger partial charge in [0.25, 0.3) is 5.91 Å². The highest BCUT2D eigenvalue weighted by Crippen LogP contribution is 2.25. The van der Waals surface area contributed by atoms with Crippen molar-refractivity contribution in [3.8, 4) is 16.8 Å². The van der Waals surface area contributed by atoms with Crippen molar-refractivity contribution in [3.63, 3.8) is 0 Å². The number of amides is 1. The van der Waals surface area contributed by atoms with E-state index >= 15 is 0 Å². The second-order valence-corrected chi connectivity index (χ2v) is 7.02. The molecule has 0 atom stereocenters. The number of carbonyl (C=O) groups is 1. The third-order valence-electron chi connectivity index (χ3n) is 4.54. The first kappa shape index (κ1) is 17.2. The normalized spacial score (nSPS) is 10.7. The molecule has 27 heavy (non-hydrogen) atoms. The molecule has 0 saturated carbocycles. The number of hydrogen-bond donors (Lipinski definition) is 1. The van der Waals surface area contributed by atoms with Crippen molar-refractivity contribution < 1.29 is 4.79 Å². The number of aromatic nitrogens is 2. The van der Waals surface area contributed by atoms with E-state index in [-0.39, 0.29) is 5.91 Å². The van der Waals surface area contributed by atoms with Crippen molar-refractivity contribution in [1.29, 1.82) is 0 Å². The lowest BCUT2D eigenvalue weighted by molar-refractivity contribution is 0.0950. The van der Waals surface area contributed by atoms with E-state index in [0.717, 1.165) is 22.5 Å². The molecule has 0 radical (unpaired) electrons. The third kappa shape index (κ3) is 3.55. The van der Waals surface area contributed by atoms with Crippen LogP contribution in [0.3, 0.4) is 0 Å². The Bertz CT molecular complexity index is 1050. The van der Waals surface area contributed by atoms with Gasteiger partial charge in [-0.25, -0.2) is 4.68 Å². The Hall–Kier alpha value is -3.18. The topological polar surface area (TPSA) is 46.9 Å². The van der Waals surface area contributed by atoms with Gasteiger partial charge in [0.2, 0.25) is 0 Å². The Morgan fingerprint density at radius 3 is 2.63 bits per heavy atom. The van der Waals surface area contributed by atoms with Crippen LogP contribution in [0.1, 0.15) is 21.6 Å². The molecule has 0 spiro atoms. The van der Waals surface area contributed by atoms with Gasteiger partial charge < -0.3 is 5.32 Å². The molecule has 0 aliphatic heterocycles. The van der Waals surface area contributed by atoms with Crippen LogP contribution >= 0.6 is 11.3 Å². The fraction of sp³-hybridized carbons (Fsp3) is 0.0909. The second-order valence-electron chi connectivity index (χ2n) is 6.24. The predicted molar refractivity (Wildman–Crippen MR) is 109 cm³/mol. The number of nitrogens with zero attached hydrogens (tertiary/aromatic N) is 2. The van der Waals surface area contributed by atoms with Crippen molar-refractivity contribution in [1.82, 2.24) is 15.1 Å². The van der Waals surface area contributed by atoms with E-state index in [2.05, 4.69) is 33.3 Å². The number of hydrogen-bond acceptors (Lipinski definition) is 3. The Kier molecular flexibility index (Phi) is 4.85. The van der Waals surface area contributed by atoms with Crippen LogP contribution in [-0.2, 0) is 6.54 Å². The van der Waals surface area contributed by atoms with Crippen molar-refractivity contribution >= 4 is 17.2 Å². The smallest absolute Gasteiger partial charge is 0.255 e. The summed E-state index contributed by atoms with van der Waals surface area (Å²) >= 11 is 1.67. The number of rotatable bonds is 5. The lowest BCUT2D eigenvalue weighted by atomic mass is 10.0. The fourth-order valence-corrected chi connectivity index (χ4v) is 3.76. The van der Waals surface area contributed by atoms with Gasteiger partial charge in [-0.05, 0) is 52.6 Å². The van der Waals surface area contributed by atoms with Gasteiger partial charge in [-0.1, -0.05) is 42.5 Å². The third-order valence-corrected chi connectivity index (χ3v) is 5.23. The maximum Gasteiger partial charge on any atom is 0.255 e. The standard InChI is InChI=1S/C22H19N3OS/c1-16-21(14-24-25(16)19-8-3-2-4-9-19)22(26)23-13-17-7-5-6-10-20(17)18-11-12-27-15-18/h2-12,14-15H,13H2,1H3,(H,23,26). The van der Waals surface area contributed by atoms with Crippen LogP contribution in [0.4, 0.5) is 0 Å². The zero-order chi connectivity index (χ0) is 18.6. The van der Waals surface area contributed by atoms with Crippen LogP contribution in [0, 0.1) is 6.92 Å². The average molecular weight is 373 g/mol. The molecule has 0 saturated heterocycles. The highest BCUT2D eigenvalue weighted by atomic mass is 32.1. The molecular formula is C22H19N3OS. The second kappa shape index (κ2) is 7.60. The summed E-state index contributed by atoms with van der Waals surface area (Å²) in [6.07, 6.45) is 1.63. The van der Waals surface area contributed by atoms with Crippen molar-refractivity contribution in [3.05, 3.63) is 94.4 Å². The maximum atomic E-state index is 12.7. The minimum absolute atomic E-state index is 0.116. The monoisotopic (exact) mass is 373 g/mol. The number of thiophene rings is 1. The minimum Gasteiger partial charge on any atom is -0.348 e.